The van der Waals surface area contributed by atoms with Crippen LogP contribution in [0.3, 0.4) is 0 Å². The second kappa shape index (κ2) is 6.91. The van der Waals surface area contributed by atoms with Gasteiger partial charge in [-0.3, -0.25) is 9.69 Å². The Morgan fingerprint density at radius 2 is 2.00 bits per heavy atom. The lowest BCUT2D eigenvalue weighted by Crippen LogP contribution is -2.49. The Kier molecular flexibility index (Phi) is 4.71. The molecular formula is C17H21FN4O. The zero-order valence-electron chi connectivity index (χ0n) is 13.3. The molecule has 5 nitrogen and oxygen atoms in total. The second-order valence-electron chi connectivity index (χ2n) is 5.81. The molecule has 0 aliphatic carbocycles. The molecule has 1 amide bonds. The first-order chi connectivity index (χ1) is 11.1. The molecule has 0 atom stereocenters. The highest BCUT2D eigenvalue weighted by Crippen LogP contribution is 2.10. The number of hydrogen-bond acceptors (Lipinski definition) is 3. The van der Waals surface area contributed by atoms with Crippen LogP contribution in [-0.4, -0.2) is 58.0 Å². The lowest BCUT2D eigenvalue weighted by Gasteiger charge is -2.34. The maximum Gasteiger partial charge on any atom is 0.254 e. The van der Waals surface area contributed by atoms with Crippen LogP contribution in [0.1, 0.15) is 16.2 Å². The molecule has 2 aromatic rings. The van der Waals surface area contributed by atoms with Crippen molar-refractivity contribution in [2.75, 3.05) is 32.7 Å². The number of aromatic nitrogens is 2. The number of aryl methyl sites for hydroxylation is 1. The van der Waals surface area contributed by atoms with Gasteiger partial charge < -0.3 is 9.47 Å². The lowest BCUT2D eigenvalue weighted by atomic mass is 10.1. The maximum absolute atomic E-state index is 13.2. The predicted molar refractivity (Wildman–Crippen MR) is 85.7 cm³/mol. The molecule has 1 aliphatic heterocycles. The van der Waals surface area contributed by atoms with Crippen LogP contribution in [0.4, 0.5) is 4.39 Å². The van der Waals surface area contributed by atoms with E-state index in [1.807, 2.05) is 19.3 Å². The van der Waals surface area contributed by atoms with Crippen molar-refractivity contribution in [3.8, 4) is 0 Å². The summed E-state index contributed by atoms with van der Waals surface area (Å²) in [5, 5.41) is 0. The summed E-state index contributed by atoms with van der Waals surface area (Å²) in [6, 6.07) is 5.90. The van der Waals surface area contributed by atoms with Crippen molar-refractivity contribution in [1.82, 2.24) is 19.4 Å². The summed E-state index contributed by atoms with van der Waals surface area (Å²) in [5.41, 5.74) is 0.424. The Bertz CT molecular complexity index is 677. The largest absolute Gasteiger partial charge is 0.336 e. The van der Waals surface area contributed by atoms with E-state index in [-0.39, 0.29) is 11.7 Å². The van der Waals surface area contributed by atoms with Crippen molar-refractivity contribution in [3.05, 3.63) is 53.9 Å². The van der Waals surface area contributed by atoms with Crippen molar-refractivity contribution in [3.63, 3.8) is 0 Å². The van der Waals surface area contributed by atoms with Crippen molar-refractivity contribution < 1.29 is 9.18 Å². The van der Waals surface area contributed by atoms with Gasteiger partial charge in [-0.25, -0.2) is 9.37 Å². The molecule has 1 aromatic carbocycles. The number of rotatable bonds is 4. The summed E-state index contributed by atoms with van der Waals surface area (Å²) in [7, 11) is 0. The van der Waals surface area contributed by atoms with Crippen LogP contribution in [0, 0.1) is 12.7 Å². The molecule has 0 N–H and O–H groups in total. The SMILES string of the molecule is Cc1nccn1CCN1CCN(C(=O)c2cccc(F)c2)CC1. The third kappa shape index (κ3) is 3.76. The molecule has 1 fully saturated rings. The van der Waals surface area contributed by atoms with Gasteiger partial charge >= 0.3 is 0 Å². The zero-order valence-corrected chi connectivity index (χ0v) is 13.3. The molecule has 3 rings (SSSR count). The standard InChI is InChI=1S/C17H21FN4O/c1-14-19-5-6-21(14)10-7-20-8-11-22(12-9-20)17(23)15-3-2-4-16(18)13-15/h2-6,13H,7-12H2,1H3. The summed E-state index contributed by atoms with van der Waals surface area (Å²) in [5.74, 6) is 0.560. The smallest absolute Gasteiger partial charge is 0.254 e. The quantitative estimate of drug-likeness (QED) is 0.863. The summed E-state index contributed by atoms with van der Waals surface area (Å²) in [4.78, 5) is 20.7. The molecule has 0 saturated carbocycles. The number of halogens is 1. The number of piperazine rings is 1. The Hall–Kier alpha value is -2.21. The average Bonchev–Trinajstić information content (AvgIpc) is 2.98. The molecule has 0 bridgehead atoms. The van der Waals surface area contributed by atoms with Gasteiger partial charge in [0.1, 0.15) is 11.6 Å². The van der Waals surface area contributed by atoms with Gasteiger partial charge in [0.15, 0.2) is 0 Å². The number of carbonyl (C=O) groups excluding carboxylic acids is 1. The minimum Gasteiger partial charge on any atom is -0.336 e. The summed E-state index contributed by atoms with van der Waals surface area (Å²) >= 11 is 0. The van der Waals surface area contributed by atoms with E-state index in [2.05, 4.69) is 14.5 Å². The molecule has 2 heterocycles. The van der Waals surface area contributed by atoms with E-state index in [9.17, 15) is 9.18 Å². The predicted octanol–water partition coefficient (Wildman–Crippen LogP) is 1.79. The van der Waals surface area contributed by atoms with Gasteiger partial charge in [-0.05, 0) is 25.1 Å². The van der Waals surface area contributed by atoms with Crippen molar-refractivity contribution >= 4 is 5.91 Å². The van der Waals surface area contributed by atoms with Gasteiger partial charge in [0.25, 0.3) is 5.91 Å². The molecule has 1 saturated heterocycles. The summed E-state index contributed by atoms with van der Waals surface area (Å²) in [6.07, 6.45) is 3.80. The molecule has 122 valence electrons. The van der Waals surface area contributed by atoms with E-state index in [0.29, 0.717) is 18.7 Å². The van der Waals surface area contributed by atoms with Crippen LogP contribution in [-0.2, 0) is 6.54 Å². The molecule has 1 aliphatic rings. The lowest BCUT2D eigenvalue weighted by molar-refractivity contribution is 0.0632. The fourth-order valence-corrected chi connectivity index (χ4v) is 2.87. The van der Waals surface area contributed by atoms with Gasteiger partial charge in [-0.1, -0.05) is 6.07 Å². The molecular weight excluding hydrogens is 295 g/mol. The second-order valence-corrected chi connectivity index (χ2v) is 5.81. The normalized spacial score (nSPS) is 15.8. The van der Waals surface area contributed by atoms with E-state index in [1.165, 1.54) is 12.1 Å². The van der Waals surface area contributed by atoms with Gasteiger partial charge in [0.05, 0.1) is 0 Å². The number of carbonyl (C=O) groups is 1. The first kappa shape index (κ1) is 15.7. The zero-order chi connectivity index (χ0) is 16.2. The molecule has 6 heteroatoms. The Balaban J connectivity index is 1.50. The van der Waals surface area contributed by atoms with E-state index in [4.69, 9.17) is 0 Å². The van der Waals surface area contributed by atoms with Crippen LogP contribution >= 0.6 is 0 Å². The van der Waals surface area contributed by atoms with Crippen molar-refractivity contribution in [1.29, 1.82) is 0 Å². The van der Waals surface area contributed by atoms with Gasteiger partial charge in [-0.2, -0.15) is 0 Å². The molecule has 0 radical (unpaired) electrons. The monoisotopic (exact) mass is 316 g/mol. The molecule has 1 aromatic heterocycles. The van der Waals surface area contributed by atoms with Crippen LogP contribution in [0.15, 0.2) is 36.7 Å². The van der Waals surface area contributed by atoms with Crippen molar-refractivity contribution in [2.24, 2.45) is 0 Å². The highest BCUT2D eigenvalue weighted by atomic mass is 19.1. The van der Waals surface area contributed by atoms with E-state index >= 15 is 0 Å². The number of imidazole rings is 1. The summed E-state index contributed by atoms with van der Waals surface area (Å²) < 4.78 is 15.4. The number of nitrogens with zero attached hydrogens (tertiary/aromatic N) is 4. The van der Waals surface area contributed by atoms with Gasteiger partial charge in [0, 0.05) is 57.2 Å². The fraction of sp³-hybridized carbons (Fsp3) is 0.412. The van der Waals surface area contributed by atoms with Crippen LogP contribution in [0.25, 0.3) is 0 Å². The third-order valence-corrected chi connectivity index (χ3v) is 4.31. The highest BCUT2D eigenvalue weighted by Gasteiger charge is 2.22. The average molecular weight is 316 g/mol. The molecule has 0 spiro atoms. The van der Waals surface area contributed by atoms with Crippen LogP contribution in [0.2, 0.25) is 0 Å². The van der Waals surface area contributed by atoms with Gasteiger partial charge in [0.2, 0.25) is 0 Å². The van der Waals surface area contributed by atoms with E-state index in [1.54, 1.807) is 17.0 Å². The fourth-order valence-electron chi connectivity index (χ4n) is 2.87. The van der Waals surface area contributed by atoms with Crippen LogP contribution in [0.5, 0.6) is 0 Å². The Morgan fingerprint density at radius 3 is 2.65 bits per heavy atom. The Morgan fingerprint density at radius 1 is 1.22 bits per heavy atom. The summed E-state index contributed by atoms with van der Waals surface area (Å²) in [6.45, 7) is 6.89. The highest BCUT2D eigenvalue weighted by molar-refractivity contribution is 5.94. The minimum absolute atomic E-state index is 0.0883. The Labute approximate surface area is 135 Å². The maximum atomic E-state index is 13.2. The van der Waals surface area contributed by atoms with E-state index in [0.717, 1.165) is 32.0 Å². The first-order valence-electron chi connectivity index (χ1n) is 7.88. The third-order valence-electron chi connectivity index (χ3n) is 4.31. The molecule has 23 heavy (non-hydrogen) atoms. The van der Waals surface area contributed by atoms with E-state index < -0.39 is 0 Å². The number of benzene rings is 1. The van der Waals surface area contributed by atoms with Gasteiger partial charge in [-0.15, -0.1) is 0 Å². The minimum atomic E-state index is -0.370. The first-order valence-corrected chi connectivity index (χ1v) is 7.88. The molecule has 0 unspecified atom stereocenters. The van der Waals surface area contributed by atoms with Crippen LogP contribution < -0.4 is 0 Å². The topological polar surface area (TPSA) is 41.4 Å². The number of hydrogen-bond donors (Lipinski definition) is 0. The van der Waals surface area contributed by atoms with Crippen molar-refractivity contribution in [2.45, 2.75) is 13.5 Å². The number of amides is 1.